The van der Waals surface area contributed by atoms with Crippen molar-refractivity contribution in [2.45, 2.75) is 138 Å². The average molecular weight is 325 g/mol. The Kier molecular flexibility index (Phi) is 13.3. The van der Waals surface area contributed by atoms with Crippen molar-refractivity contribution in [1.29, 1.82) is 0 Å². The number of hydrogen-bond acceptors (Lipinski definition) is 0. The topological polar surface area (TPSA) is 0 Å². The monoisotopic (exact) mass is 324 g/mol. The SMILES string of the molecule is CCCC(CCC)(CCC)CCCC(CCC)(CCC)CCC. The quantitative estimate of drug-likeness (QED) is 0.266. The lowest BCUT2D eigenvalue weighted by Gasteiger charge is -2.38. The first-order valence-electron chi connectivity index (χ1n) is 11.1. The average Bonchev–Trinajstić information content (AvgIpc) is 2.49. The highest BCUT2D eigenvalue weighted by molar-refractivity contribution is 4.83. The van der Waals surface area contributed by atoms with E-state index in [0.717, 1.165) is 0 Å². The summed E-state index contributed by atoms with van der Waals surface area (Å²) in [7, 11) is 0. The molecule has 0 rings (SSSR count). The molecule has 0 bridgehead atoms. The van der Waals surface area contributed by atoms with Gasteiger partial charge in [-0.25, -0.2) is 0 Å². The molecule has 0 aliphatic carbocycles. The van der Waals surface area contributed by atoms with Crippen LogP contribution in [-0.2, 0) is 0 Å². The third-order valence-electron chi connectivity index (χ3n) is 6.10. The lowest BCUT2D eigenvalue weighted by Crippen LogP contribution is -2.24. The second-order valence-corrected chi connectivity index (χ2v) is 8.35. The largest absolute Gasteiger partial charge is 0.0654 e. The molecule has 140 valence electrons. The third-order valence-corrected chi connectivity index (χ3v) is 6.10. The van der Waals surface area contributed by atoms with Crippen molar-refractivity contribution in [3.05, 3.63) is 0 Å². The fourth-order valence-electron chi connectivity index (χ4n) is 5.52. The molecular formula is C23H48. The van der Waals surface area contributed by atoms with Crippen molar-refractivity contribution in [2.24, 2.45) is 10.8 Å². The zero-order valence-electron chi connectivity index (χ0n) is 17.6. The maximum atomic E-state index is 2.38. The van der Waals surface area contributed by atoms with E-state index in [4.69, 9.17) is 0 Å². The van der Waals surface area contributed by atoms with Crippen LogP contribution in [0, 0.1) is 10.8 Å². The van der Waals surface area contributed by atoms with Crippen LogP contribution in [0.1, 0.15) is 138 Å². The van der Waals surface area contributed by atoms with Crippen molar-refractivity contribution >= 4 is 0 Å². The van der Waals surface area contributed by atoms with Crippen LogP contribution in [0.15, 0.2) is 0 Å². The molecule has 0 unspecified atom stereocenters. The summed E-state index contributed by atoms with van der Waals surface area (Å²) in [4.78, 5) is 0. The van der Waals surface area contributed by atoms with Crippen molar-refractivity contribution in [2.75, 3.05) is 0 Å². The molecule has 0 radical (unpaired) electrons. The highest BCUT2D eigenvalue weighted by Crippen LogP contribution is 2.44. The molecule has 0 aromatic heterocycles. The molecule has 0 aliphatic heterocycles. The molecule has 0 amide bonds. The minimum Gasteiger partial charge on any atom is -0.0654 e. The van der Waals surface area contributed by atoms with E-state index in [9.17, 15) is 0 Å². The minimum atomic E-state index is 0.661. The van der Waals surface area contributed by atoms with Crippen molar-refractivity contribution in [3.63, 3.8) is 0 Å². The molecule has 0 heterocycles. The Morgan fingerprint density at radius 1 is 0.348 bits per heavy atom. The van der Waals surface area contributed by atoms with Crippen LogP contribution in [0.3, 0.4) is 0 Å². The van der Waals surface area contributed by atoms with Crippen LogP contribution in [0.25, 0.3) is 0 Å². The fourth-order valence-corrected chi connectivity index (χ4v) is 5.52. The van der Waals surface area contributed by atoms with E-state index in [0.29, 0.717) is 10.8 Å². The van der Waals surface area contributed by atoms with Gasteiger partial charge in [0.1, 0.15) is 0 Å². The van der Waals surface area contributed by atoms with Crippen molar-refractivity contribution in [3.8, 4) is 0 Å². The Morgan fingerprint density at radius 2 is 0.565 bits per heavy atom. The van der Waals surface area contributed by atoms with Gasteiger partial charge in [0.05, 0.1) is 0 Å². The van der Waals surface area contributed by atoms with Gasteiger partial charge in [0.2, 0.25) is 0 Å². The summed E-state index contributed by atoms with van der Waals surface area (Å²) in [6.45, 7) is 14.3. The Balaban J connectivity index is 4.82. The summed E-state index contributed by atoms with van der Waals surface area (Å²) in [5.74, 6) is 0. The summed E-state index contributed by atoms with van der Waals surface area (Å²) >= 11 is 0. The molecule has 0 nitrogen and oxygen atoms in total. The first-order chi connectivity index (χ1) is 11.1. The smallest absolute Gasteiger partial charge is 0.0298 e. The molecule has 0 aromatic rings. The van der Waals surface area contributed by atoms with Crippen LogP contribution < -0.4 is 0 Å². The van der Waals surface area contributed by atoms with E-state index < -0.39 is 0 Å². The maximum Gasteiger partial charge on any atom is -0.0298 e. The third kappa shape index (κ3) is 8.59. The summed E-state index contributed by atoms with van der Waals surface area (Å²) < 4.78 is 0. The van der Waals surface area contributed by atoms with Gasteiger partial charge in [0.25, 0.3) is 0 Å². The Labute approximate surface area is 149 Å². The number of rotatable bonds is 16. The standard InChI is InChI=1S/C23H48/c1-7-14-22(15-8-2,16-9-3)20-13-21-23(17-10-4,18-11-5)19-12-6/h7-21H2,1-6H3. The van der Waals surface area contributed by atoms with Crippen molar-refractivity contribution in [1.82, 2.24) is 0 Å². The normalized spacial score (nSPS) is 12.8. The fraction of sp³-hybridized carbons (Fsp3) is 1.00. The molecule has 0 aromatic carbocycles. The molecule has 0 fully saturated rings. The molecule has 0 N–H and O–H groups in total. The Hall–Kier alpha value is 0. The second kappa shape index (κ2) is 13.3. The van der Waals surface area contributed by atoms with Gasteiger partial charge in [-0.1, -0.05) is 86.5 Å². The predicted octanol–water partition coefficient (Wildman–Crippen LogP) is 8.93. The lowest BCUT2D eigenvalue weighted by molar-refractivity contribution is 0.145. The highest BCUT2D eigenvalue weighted by atomic mass is 14.4. The van der Waals surface area contributed by atoms with Gasteiger partial charge in [0, 0.05) is 0 Å². The molecule has 0 spiro atoms. The van der Waals surface area contributed by atoms with E-state index in [1.165, 1.54) is 96.3 Å². The minimum absolute atomic E-state index is 0.661. The zero-order chi connectivity index (χ0) is 17.6. The van der Waals surface area contributed by atoms with Gasteiger partial charge in [0.15, 0.2) is 0 Å². The molecule has 0 saturated carbocycles. The van der Waals surface area contributed by atoms with Crippen LogP contribution in [-0.4, -0.2) is 0 Å². The summed E-state index contributed by atoms with van der Waals surface area (Å²) in [5.41, 5.74) is 1.32. The molecule has 0 saturated heterocycles. The Bertz CT molecular complexity index is 193. The molecule has 23 heavy (non-hydrogen) atoms. The van der Waals surface area contributed by atoms with Gasteiger partial charge < -0.3 is 0 Å². The second-order valence-electron chi connectivity index (χ2n) is 8.35. The van der Waals surface area contributed by atoms with E-state index in [-0.39, 0.29) is 0 Å². The van der Waals surface area contributed by atoms with Crippen LogP contribution in [0.5, 0.6) is 0 Å². The van der Waals surface area contributed by atoms with E-state index >= 15 is 0 Å². The summed E-state index contributed by atoms with van der Waals surface area (Å²) in [6, 6.07) is 0. The van der Waals surface area contributed by atoms with Gasteiger partial charge in [-0.05, 0) is 62.2 Å². The number of hydrogen-bond donors (Lipinski definition) is 0. The van der Waals surface area contributed by atoms with E-state index in [1.807, 2.05) is 0 Å². The van der Waals surface area contributed by atoms with Crippen LogP contribution in [0.4, 0.5) is 0 Å². The van der Waals surface area contributed by atoms with E-state index in [1.54, 1.807) is 0 Å². The molecule has 0 heteroatoms. The molecule has 0 aliphatic rings. The Morgan fingerprint density at radius 3 is 0.739 bits per heavy atom. The summed E-state index contributed by atoms with van der Waals surface area (Å²) in [6.07, 6.45) is 21.4. The highest BCUT2D eigenvalue weighted by Gasteiger charge is 2.31. The molecule has 0 atom stereocenters. The zero-order valence-corrected chi connectivity index (χ0v) is 17.6. The van der Waals surface area contributed by atoms with Crippen molar-refractivity contribution < 1.29 is 0 Å². The molecular weight excluding hydrogens is 276 g/mol. The van der Waals surface area contributed by atoms with Gasteiger partial charge >= 0.3 is 0 Å². The van der Waals surface area contributed by atoms with E-state index in [2.05, 4.69) is 41.5 Å². The van der Waals surface area contributed by atoms with Gasteiger partial charge in [-0.15, -0.1) is 0 Å². The maximum absolute atomic E-state index is 2.38. The lowest BCUT2D eigenvalue weighted by atomic mass is 9.68. The first kappa shape index (κ1) is 23.0. The van der Waals surface area contributed by atoms with Crippen LogP contribution >= 0.6 is 0 Å². The van der Waals surface area contributed by atoms with Gasteiger partial charge in [-0.3, -0.25) is 0 Å². The summed E-state index contributed by atoms with van der Waals surface area (Å²) in [5, 5.41) is 0. The predicted molar refractivity (Wildman–Crippen MR) is 108 cm³/mol. The first-order valence-corrected chi connectivity index (χ1v) is 11.1. The van der Waals surface area contributed by atoms with Crippen LogP contribution in [0.2, 0.25) is 0 Å². The van der Waals surface area contributed by atoms with Gasteiger partial charge in [-0.2, -0.15) is 0 Å².